The van der Waals surface area contributed by atoms with Gasteiger partial charge in [0.05, 0.1) is 35.6 Å². The van der Waals surface area contributed by atoms with Gasteiger partial charge in [0.25, 0.3) is 5.91 Å². The third-order valence-electron chi connectivity index (χ3n) is 4.00. The second kappa shape index (κ2) is 9.57. The largest absolute Gasteiger partial charge is 0.493 e. The van der Waals surface area contributed by atoms with Crippen molar-refractivity contribution >= 4 is 35.0 Å². The van der Waals surface area contributed by atoms with Gasteiger partial charge in [-0.05, 0) is 13.0 Å². The number of morpholine rings is 1. The molecule has 0 radical (unpaired) electrons. The lowest BCUT2D eigenvalue weighted by Gasteiger charge is -2.32. The Morgan fingerprint density at radius 3 is 2.70 bits per heavy atom. The molecule has 1 atom stereocenters. The Labute approximate surface area is 163 Å². The minimum Gasteiger partial charge on any atom is -0.493 e. The number of rotatable bonds is 6. The molecule has 1 aromatic carbocycles. The normalized spacial score (nSPS) is 16.6. The first-order valence-electron chi connectivity index (χ1n) is 8.71. The molecule has 1 aliphatic rings. The van der Waals surface area contributed by atoms with Crippen LogP contribution < -0.4 is 15.4 Å². The first-order valence-corrected chi connectivity index (χ1v) is 9.08. The number of hydrogen-bond acceptors (Lipinski definition) is 5. The number of halogens is 1. The second-order valence-corrected chi connectivity index (χ2v) is 6.52. The first kappa shape index (κ1) is 21.0. The molecule has 0 aliphatic carbocycles. The van der Waals surface area contributed by atoms with Crippen molar-refractivity contribution in [2.45, 2.75) is 26.9 Å². The van der Waals surface area contributed by atoms with Gasteiger partial charge in [0.2, 0.25) is 11.8 Å². The first-order chi connectivity index (χ1) is 12.8. The highest BCUT2D eigenvalue weighted by molar-refractivity contribution is 6.34. The summed E-state index contributed by atoms with van der Waals surface area (Å²) in [5, 5.41) is 5.62. The van der Waals surface area contributed by atoms with Crippen molar-refractivity contribution in [3.05, 3.63) is 22.7 Å². The van der Waals surface area contributed by atoms with E-state index in [0.29, 0.717) is 37.7 Å². The maximum Gasteiger partial charge on any atom is 0.255 e. The van der Waals surface area contributed by atoms with Gasteiger partial charge in [-0.3, -0.25) is 14.4 Å². The van der Waals surface area contributed by atoms with Gasteiger partial charge >= 0.3 is 0 Å². The number of carbonyl (C=O) groups excluding carboxylic acids is 3. The van der Waals surface area contributed by atoms with Crippen LogP contribution in [0.2, 0.25) is 5.02 Å². The molecule has 3 amide bonds. The number of nitrogens with one attached hydrogen (secondary N) is 2. The highest BCUT2D eigenvalue weighted by Crippen LogP contribution is 2.31. The van der Waals surface area contributed by atoms with Crippen LogP contribution >= 0.6 is 11.6 Å². The number of carbonyl (C=O) groups is 3. The molecule has 0 spiro atoms. The summed E-state index contributed by atoms with van der Waals surface area (Å²) in [6, 6.07) is 2.98. The number of ether oxygens (including phenoxy) is 2. The van der Waals surface area contributed by atoms with Crippen LogP contribution in [0.25, 0.3) is 0 Å². The van der Waals surface area contributed by atoms with Crippen molar-refractivity contribution in [3.8, 4) is 5.75 Å². The quantitative estimate of drug-likeness (QED) is 0.761. The smallest absolute Gasteiger partial charge is 0.255 e. The summed E-state index contributed by atoms with van der Waals surface area (Å²) in [5.74, 6) is -0.356. The molecule has 1 aliphatic heterocycles. The maximum absolute atomic E-state index is 12.6. The molecule has 1 saturated heterocycles. The van der Waals surface area contributed by atoms with Gasteiger partial charge in [-0.15, -0.1) is 0 Å². The van der Waals surface area contributed by atoms with E-state index in [9.17, 15) is 14.4 Å². The van der Waals surface area contributed by atoms with E-state index in [1.165, 1.54) is 26.0 Å². The van der Waals surface area contributed by atoms with Crippen LogP contribution in [0.5, 0.6) is 5.75 Å². The van der Waals surface area contributed by atoms with Crippen LogP contribution in [-0.4, -0.2) is 61.6 Å². The van der Waals surface area contributed by atoms with E-state index in [1.54, 1.807) is 11.8 Å². The highest BCUT2D eigenvalue weighted by Gasteiger charge is 2.23. The molecule has 1 aromatic rings. The number of amides is 3. The van der Waals surface area contributed by atoms with Crippen LogP contribution in [0.4, 0.5) is 5.69 Å². The zero-order valence-electron chi connectivity index (χ0n) is 15.6. The van der Waals surface area contributed by atoms with E-state index in [4.69, 9.17) is 21.1 Å². The minimum absolute atomic E-state index is 0.0198. The van der Waals surface area contributed by atoms with Crippen LogP contribution in [0.3, 0.4) is 0 Å². The van der Waals surface area contributed by atoms with E-state index < -0.39 is 0 Å². The standard InChI is InChI=1S/C18H24ClN3O5/c1-4-26-17-8-16(21-11(2)23)15(19)7-14(17)18(25)20-9-13-10-22(12(3)24)5-6-27-13/h7-8,13H,4-6,9-10H2,1-3H3,(H,20,25)(H,21,23)/t13-/m0/s1. The Morgan fingerprint density at radius 1 is 1.33 bits per heavy atom. The SMILES string of the molecule is CCOc1cc(NC(C)=O)c(Cl)cc1C(=O)NC[C@H]1CN(C(C)=O)CCO1. The maximum atomic E-state index is 12.6. The van der Waals surface area contributed by atoms with E-state index in [0.717, 1.165) is 0 Å². The van der Waals surface area contributed by atoms with Gasteiger partial charge in [0.1, 0.15) is 5.75 Å². The zero-order valence-corrected chi connectivity index (χ0v) is 16.4. The Balaban J connectivity index is 2.09. The van der Waals surface area contributed by atoms with Crippen molar-refractivity contribution in [3.63, 3.8) is 0 Å². The van der Waals surface area contributed by atoms with E-state index in [-0.39, 0.29) is 41.0 Å². The van der Waals surface area contributed by atoms with Gasteiger partial charge in [-0.1, -0.05) is 11.6 Å². The summed E-state index contributed by atoms with van der Waals surface area (Å²) in [6.07, 6.45) is -0.281. The Kier molecular flexibility index (Phi) is 7.44. The van der Waals surface area contributed by atoms with Crippen LogP contribution in [0, 0.1) is 0 Å². The fraction of sp³-hybridized carbons (Fsp3) is 0.500. The molecular formula is C18H24ClN3O5. The number of hydrogen-bond donors (Lipinski definition) is 2. The Hall–Kier alpha value is -2.32. The number of benzene rings is 1. The van der Waals surface area contributed by atoms with Crippen LogP contribution in [0.1, 0.15) is 31.1 Å². The van der Waals surface area contributed by atoms with Gasteiger partial charge in [-0.25, -0.2) is 0 Å². The van der Waals surface area contributed by atoms with Crippen molar-refractivity contribution in [2.24, 2.45) is 0 Å². The topological polar surface area (TPSA) is 97.0 Å². The third kappa shape index (κ3) is 5.83. The van der Waals surface area contributed by atoms with Crippen LogP contribution in [-0.2, 0) is 14.3 Å². The van der Waals surface area contributed by atoms with Gasteiger partial charge in [0, 0.05) is 39.5 Å². The summed E-state index contributed by atoms with van der Waals surface area (Å²) in [6.45, 7) is 6.67. The summed E-state index contributed by atoms with van der Waals surface area (Å²) in [5.41, 5.74) is 0.632. The second-order valence-electron chi connectivity index (χ2n) is 6.11. The van der Waals surface area contributed by atoms with Gasteiger partial charge < -0.3 is 25.0 Å². The summed E-state index contributed by atoms with van der Waals surface area (Å²) in [7, 11) is 0. The molecule has 8 nitrogen and oxygen atoms in total. The molecule has 2 N–H and O–H groups in total. The average Bonchev–Trinajstić information content (AvgIpc) is 2.62. The fourth-order valence-corrected chi connectivity index (χ4v) is 2.93. The molecule has 0 saturated carbocycles. The lowest BCUT2D eigenvalue weighted by Crippen LogP contribution is -2.49. The van der Waals surface area contributed by atoms with Crippen LogP contribution in [0.15, 0.2) is 12.1 Å². The molecule has 0 aromatic heterocycles. The van der Waals surface area contributed by atoms with Gasteiger partial charge in [0.15, 0.2) is 0 Å². The molecule has 2 rings (SSSR count). The van der Waals surface area contributed by atoms with Crippen molar-refractivity contribution in [2.75, 3.05) is 38.2 Å². The molecule has 148 valence electrons. The molecule has 1 fully saturated rings. The van der Waals surface area contributed by atoms with Crippen molar-refractivity contribution in [1.29, 1.82) is 0 Å². The fourth-order valence-electron chi connectivity index (χ4n) is 2.72. The summed E-state index contributed by atoms with van der Waals surface area (Å²) in [4.78, 5) is 37.1. The molecule has 9 heteroatoms. The Bertz CT molecular complexity index is 725. The van der Waals surface area contributed by atoms with E-state index in [2.05, 4.69) is 10.6 Å². The zero-order chi connectivity index (χ0) is 20.0. The summed E-state index contributed by atoms with van der Waals surface area (Å²) < 4.78 is 11.1. The third-order valence-corrected chi connectivity index (χ3v) is 4.31. The predicted molar refractivity (Wildman–Crippen MR) is 101 cm³/mol. The lowest BCUT2D eigenvalue weighted by molar-refractivity contribution is -0.136. The molecule has 27 heavy (non-hydrogen) atoms. The van der Waals surface area contributed by atoms with Crippen molar-refractivity contribution < 1.29 is 23.9 Å². The molecule has 0 unspecified atom stereocenters. The molecular weight excluding hydrogens is 374 g/mol. The van der Waals surface area contributed by atoms with Gasteiger partial charge in [-0.2, -0.15) is 0 Å². The number of nitrogens with zero attached hydrogens (tertiary/aromatic N) is 1. The predicted octanol–water partition coefficient (Wildman–Crippen LogP) is 1.67. The molecule has 0 bridgehead atoms. The monoisotopic (exact) mass is 397 g/mol. The molecule has 1 heterocycles. The highest BCUT2D eigenvalue weighted by atomic mass is 35.5. The Morgan fingerprint density at radius 2 is 2.07 bits per heavy atom. The van der Waals surface area contributed by atoms with E-state index >= 15 is 0 Å². The lowest BCUT2D eigenvalue weighted by atomic mass is 10.1. The van der Waals surface area contributed by atoms with Crippen molar-refractivity contribution in [1.82, 2.24) is 10.2 Å². The van der Waals surface area contributed by atoms with E-state index in [1.807, 2.05) is 0 Å². The average molecular weight is 398 g/mol. The summed E-state index contributed by atoms with van der Waals surface area (Å²) >= 11 is 6.17. The minimum atomic E-state index is -0.377. The number of anilines is 1.